The molecule has 1 unspecified atom stereocenters. The van der Waals surface area contributed by atoms with Crippen molar-refractivity contribution in [1.82, 2.24) is 9.47 Å². The lowest BCUT2D eigenvalue weighted by Crippen LogP contribution is -2.30. The molecule has 0 bridgehead atoms. The molecule has 1 aliphatic heterocycles. The van der Waals surface area contributed by atoms with E-state index < -0.39 is 0 Å². The Kier molecular flexibility index (Phi) is 3.01. The van der Waals surface area contributed by atoms with Crippen LogP contribution in [0, 0.1) is 0 Å². The van der Waals surface area contributed by atoms with Gasteiger partial charge in [-0.2, -0.15) is 0 Å². The highest BCUT2D eigenvalue weighted by atomic mass is 35.5. The molecule has 1 aliphatic rings. The minimum atomic E-state index is -0.174. The predicted molar refractivity (Wildman–Crippen MR) is 61.8 cm³/mol. The average molecular weight is 241 g/mol. The maximum atomic E-state index is 12.0. The minimum absolute atomic E-state index is 0.0375. The highest BCUT2D eigenvalue weighted by molar-refractivity contribution is 6.21. The molecule has 1 saturated heterocycles. The van der Waals surface area contributed by atoms with Gasteiger partial charge in [0.05, 0.1) is 5.38 Å². The first kappa shape index (κ1) is 11.2. The molecule has 0 saturated carbocycles. The topological polar surface area (TPSA) is 42.3 Å². The zero-order valence-electron chi connectivity index (χ0n) is 9.02. The van der Waals surface area contributed by atoms with Crippen molar-refractivity contribution >= 4 is 17.5 Å². The van der Waals surface area contributed by atoms with E-state index in [-0.39, 0.29) is 16.8 Å². The van der Waals surface area contributed by atoms with E-state index >= 15 is 0 Å². The molecular weight excluding hydrogens is 228 g/mol. The second-order valence-electron chi connectivity index (χ2n) is 4.00. The van der Waals surface area contributed by atoms with Crippen LogP contribution in [0.15, 0.2) is 23.1 Å². The van der Waals surface area contributed by atoms with Crippen LogP contribution in [-0.2, 0) is 7.05 Å². The van der Waals surface area contributed by atoms with E-state index in [2.05, 4.69) is 0 Å². The molecule has 1 amide bonds. The lowest BCUT2D eigenvalue weighted by molar-refractivity contribution is 0.0793. The molecule has 16 heavy (non-hydrogen) atoms. The minimum Gasteiger partial charge on any atom is -0.337 e. The third-order valence-electron chi connectivity index (χ3n) is 2.77. The lowest BCUT2D eigenvalue weighted by atomic mass is 10.2. The summed E-state index contributed by atoms with van der Waals surface area (Å²) in [7, 11) is 1.65. The standard InChI is InChI=1S/C11H13ClN2O2/c1-13-4-2-8(6-10(13)15)11(16)14-5-3-9(12)7-14/h2,4,6,9H,3,5,7H2,1H3. The van der Waals surface area contributed by atoms with Crippen LogP contribution in [0.3, 0.4) is 0 Å². The van der Waals surface area contributed by atoms with E-state index in [1.165, 1.54) is 10.6 Å². The van der Waals surface area contributed by atoms with Gasteiger partial charge in [-0.3, -0.25) is 9.59 Å². The van der Waals surface area contributed by atoms with Crippen LogP contribution in [-0.4, -0.2) is 33.8 Å². The number of likely N-dealkylation sites (tertiary alicyclic amines) is 1. The van der Waals surface area contributed by atoms with E-state index in [0.29, 0.717) is 18.7 Å². The van der Waals surface area contributed by atoms with E-state index in [4.69, 9.17) is 11.6 Å². The van der Waals surface area contributed by atoms with Gasteiger partial charge in [0.25, 0.3) is 11.5 Å². The quantitative estimate of drug-likeness (QED) is 0.683. The maximum absolute atomic E-state index is 12.0. The zero-order valence-corrected chi connectivity index (χ0v) is 9.78. The number of pyridine rings is 1. The van der Waals surface area contributed by atoms with Crippen LogP contribution in [0.1, 0.15) is 16.8 Å². The van der Waals surface area contributed by atoms with Gasteiger partial charge < -0.3 is 9.47 Å². The first-order valence-electron chi connectivity index (χ1n) is 5.18. The van der Waals surface area contributed by atoms with Crippen molar-refractivity contribution in [2.45, 2.75) is 11.8 Å². The van der Waals surface area contributed by atoms with Gasteiger partial charge in [0.15, 0.2) is 0 Å². The number of amides is 1. The van der Waals surface area contributed by atoms with E-state index in [1.807, 2.05) is 0 Å². The molecule has 1 aromatic heterocycles. The van der Waals surface area contributed by atoms with Gasteiger partial charge in [0.2, 0.25) is 0 Å². The van der Waals surface area contributed by atoms with Crippen LogP contribution < -0.4 is 5.56 Å². The number of nitrogens with zero attached hydrogens (tertiary/aromatic N) is 2. The Morgan fingerprint density at radius 2 is 2.31 bits per heavy atom. The second-order valence-corrected chi connectivity index (χ2v) is 4.62. The number of aryl methyl sites for hydroxylation is 1. The Morgan fingerprint density at radius 3 is 2.88 bits per heavy atom. The monoisotopic (exact) mass is 240 g/mol. The Hall–Kier alpha value is -1.29. The highest BCUT2D eigenvalue weighted by Crippen LogP contribution is 2.16. The molecule has 4 nitrogen and oxygen atoms in total. The van der Waals surface area contributed by atoms with Crippen molar-refractivity contribution < 1.29 is 4.79 Å². The summed E-state index contributed by atoms with van der Waals surface area (Å²) in [6.45, 7) is 1.23. The molecule has 2 heterocycles. The SMILES string of the molecule is Cn1ccc(C(=O)N2CCC(Cl)C2)cc1=O. The molecule has 1 fully saturated rings. The number of carbonyl (C=O) groups excluding carboxylic acids is 1. The van der Waals surface area contributed by atoms with Crippen molar-refractivity contribution in [3.63, 3.8) is 0 Å². The molecule has 1 aromatic rings. The highest BCUT2D eigenvalue weighted by Gasteiger charge is 2.25. The Bertz CT molecular complexity index is 469. The third-order valence-corrected chi connectivity index (χ3v) is 3.13. The first-order valence-corrected chi connectivity index (χ1v) is 5.61. The molecular formula is C11H13ClN2O2. The summed E-state index contributed by atoms with van der Waals surface area (Å²) >= 11 is 5.94. The zero-order chi connectivity index (χ0) is 11.7. The van der Waals surface area contributed by atoms with Gasteiger partial charge in [-0.05, 0) is 12.5 Å². The number of rotatable bonds is 1. The summed E-state index contributed by atoms with van der Waals surface area (Å²) in [6, 6.07) is 3.02. The van der Waals surface area contributed by atoms with Gasteiger partial charge in [-0.15, -0.1) is 11.6 Å². The van der Waals surface area contributed by atoms with Crippen molar-refractivity contribution in [2.75, 3.05) is 13.1 Å². The van der Waals surface area contributed by atoms with Crippen molar-refractivity contribution in [3.05, 3.63) is 34.2 Å². The molecule has 86 valence electrons. The van der Waals surface area contributed by atoms with Crippen molar-refractivity contribution in [2.24, 2.45) is 7.05 Å². The van der Waals surface area contributed by atoms with E-state index in [1.54, 1.807) is 24.2 Å². The number of alkyl halides is 1. The van der Waals surface area contributed by atoms with Crippen molar-refractivity contribution in [3.8, 4) is 0 Å². The molecule has 0 radical (unpaired) electrons. The fourth-order valence-corrected chi connectivity index (χ4v) is 2.03. The summed E-state index contributed by atoms with van der Waals surface area (Å²) in [5.74, 6) is -0.110. The summed E-state index contributed by atoms with van der Waals surface area (Å²) in [6.07, 6.45) is 2.42. The van der Waals surface area contributed by atoms with Gasteiger partial charge in [0, 0.05) is 38.0 Å². The Labute approximate surface area is 98.4 Å². The van der Waals surface area contributed by atoms with Gasteiger partial charge >= 0.3 is 0 Å². The fraction of sp³-hybridized carbons (Fsp3) is 0.455. The number of carbonyl (C=O) groups is 1. The van der Waals surface area contributed by atoms with Gasteiger partial charge in [-0.25, -0.2) is 0 Å². The number of hydrogen-bond acceptors (Lipinski definition) is 2. The second kappa shape index (κ2) is 4.29. The fourth-order valence-electron chi connectivity index (χ4n) is 1.77. The summed E-state index contributed by atoms with van der Waals surface area (Å²) in [4.78, 5) is 25.1. The molecule has 0 aliphatic carbocycles. The molecule has 0 aromatic carbocycles. The predicted octanol–water partition coefficient (Wildman–Crippen LogP) is 0.839. The van der Waals surface area contributed by atoms with Crippen LogP contribution in [0.2, 0.25) is 0 Å². The largest absolute Gasteiger partial charge is 0.337 e. The smallest absolute Gasteiger partial charge is 0.254 e. The first-order chi connectivity index (χ1) is 7.58. The van der Waals surface area contributed by atoms with Crippen LogP contribution in [0.5, 0.6) is 0 Å². The maximum Gasteiger partial charge on any atom is 0.254 e. The summed E-state index contributed by atoms with van der Waals surface area (Å²) < 4.78 is 1.44. The Balaban J connectivity index is 2.21. The Morgan fingerprint density at radius 1 is 1.56 bits per heavy atom. The lowest BCUT2D eigenvalue weighted by Gasteiger charge is -2.15. The van der Waals surface area contributed by atoms with Crippen LogP contribution >= 0.6 is 11.6 Å². The normalized spacial score (nSPS) is 20.1. The molecule has 5 heteroatoms. The van der Waals surface area contributed by atoms with Crippen LogP contribution in [0.25, 0.3) is 0 Å². The third kappa shape index (κ3) is 2.11. The molecule has 0 spiro atoms. The van der Waals surface area contributed by atoms with E-state index in [9.17, 15) is 9.59 Å². The molecule has 1 atom stereocenters. The van der Waals surface area contributed by atoms with Gasteiger partial charge in [-0.1, -0.05) is 0 Å². The molecule has 0 N–H and O–H groups in total. The number of aromatic nitrogens is 1. The number of hydrogen-bond donors (Lipinski definition) is 0. The average Bonchev–Trinajstić information content (AvgIpc) is 2.68. The number of halogens is 1. The summed E-state index contributed by atoms with van der Waals surface area (Å²) in [5, 5.41) is 0.0375. The van der Waals surface area contributed by atoms with Gasteiger partial charge in [0.1, 0.15) is 0 Å². The van der Waals surface area contributed by atoms with E-state index in [0.717, 1.165) is 6.42 Å². The van der Waals surface area contributed by atoms with Crippen molar-refractivity contribution in [1.29, 1.82) is 0 Å². The van der Waals surface area contributed by atoms with Crippen LogP contribution in [0.4, 0.5) is 0 Å². The summed E-state index contributed by atoms with van der Waals surface area (Å²) in [5.41, 5.74) is 0.265. The molecule has 2 rings (SSSR count).